The number of nitrogens with zero attached hydrogens (tertiary/aromatic N) is 5. The van der Waals surface area contributed by atoms with Gasteiger partial charge >= 0.3 is 6.18 Å². The zero-order valence-electron chi connectivity index (χ0n) is 17.4. The molecule has 0 N–H and O–H groups in total. The Morgan fingerprint density at radius 2 is 1.94 bits per heavy atom. The predicted octanol–water partition coefficient (Wildman–Crippen LogP) is 5.87. The second kappa shape index (κ2) is 7.83. The largest absolute Gasteiger partial charge is 0.416 e. The van der Waals surface area contributed by atoms with Gasteiger partial charge in [-0.3, -0.25) is 4.57 Å². The topological polar surface area (TPSA) is 57.7 Å². The van der Waals surface area contributed by atoms with Crippen LogP contribution in [-0.2, 0) is 6.18 Å². The molecule has 2 aromatic heterocycles. The number of anilines is 1. The summed E-state index contributed by atoms with van der Waals surface area (Å²) in [6.07, 6.45) is -2.63. The zero-order chi connectivity index (χ0) is 22.5. The van der Waals surface area contributed by atoms with Gasteiger partial charge in [0.25, 0.3) is 0 Å². The number of piperidine rings is 1. The highest BCUT2D eigenvalue weighted by Crippen LogP contribution is 2.38. The molecule has 1 fully saturated rings. The van der Waals surface area contributed by atoms with Crippen LogP contribution in [-0.4, -0.2) is 27.6 Å². The van der Waals surface area contributed by atoms with E-state index in [1.165, 1.54) is 6.07 Å². The van der Waals surface area contributed by atoms with Crippen molar-refractivity contribution in [1.29, 1.82) is 5.26 Å². The summed E-state index contributed by atoms with van der Waals surface area (Å²) in [7, 11) is 0. The van der Waals surface area contributed by atoms with Gasteiger partial charge in [-0.15, -0.1) is 0 Å². The molecule has 1 aliphatic rings. The minimum absolute atomic E-state index is 0.0494. The minimum Gasteiger partial charge on any atom is -0.355 e. The van der Waals surface area contributed by atoms with E-state index in [1.807, 2.05) is 18.4 Å². The number of rotatable bonds is 2. The lowest BCUT2D eigenvalue weighted by atomic mass is 9.99. The van der Waals surface area contributed by atoms with Crippen LogP contribution in [0.4, 0.5) is 19.0 Å². The molecule has 4 rings (SSSR count). The number of nitriles is 1. The van der Waals surface area contributed by atoms with Gasteiger partial charge in [-0.2, -0.15) is 18.4 Å². The van der Waals surface area contributed by atoms with Crippen LogP contribution < -0.4 is 4.90 Å². The fourth-order valence-electron chi connectivity index (χ4n) is 4.21. The third kappa shape index (κ3) is 3.78. The average molecular weight is 492 g/mol. The number of alkyl halides is 3. The molecule has 0 spiro atoms. The number of fused-ring (bicyclic) bond motifs is 1. The molecule has 1 aromatic carbocycles. The number of aryl methyl sites for hydroxylation is 2. The fraction of sp³-hybridized carbons (Fsp3) is 0.409. The maximum Gasteiger partial charge on any atom is 0.416 e. The number of benzene rings is 1. The van der Waals surface area contributed by atoms with Crippen LogP contribution in [0.1, 0.15) is 35.5 Å². The van der Waals surface area contributed by atoms with Crippen LogP contribution in [0.2, 0.25) is 0 Å². The van der Waals surface area contributed by atoms with Gasteiger partial charge in [0.05, 0.1) is 28.6 Å². The van der Waals surface area contributed by atoms with Gasteiger partial charge in [0, 0.05) is 23.3 Å². The van der Waals surface area contributed by atoms with Crippen LogP contribution in [0.25, 0.3) is 16.7 Å². The van der Waals surface area contributed by atoms with Crippen molar-refractivity contribution < 1.29 is 13.2 Å². The van der Waals surface area contributed by atoms with Crippen molar-refractivity contribution in [1.82, 2.24) is 14.5 Å². The van der Waals surface area contributed by atoms with Crippen molar-refractivity contribution in [2.75, 3.05) is 18.0 Å². The van der Waals surface area contributed by atoms with E-state index in [1.54, 1.807) is 6.92 Å². The molecule has 1 atom stereocenters. The van der Waals surface area contributed by atoms with Crippen LogP contribution in [0, 0.1) is 38.0 Å². The molecule has 3 heterocycles. The first kappa shape index (κ1) is 21.6. The predicted molar refractivity (Wildman–Crippen MR) is 116 cm³/mol. The van der Waals surface area contributed by atoms with Crippen molar-refractivity contribution in [3.8, 4) is 11.8 Å². The van der Waals surface area contributed by atoms with Gasteiger partial charge in [-0.05, 0) is 73.3 Å². The summed E-state index contributed by atoms with van der Waals surface area (Å²) in [5, 5.41) is 10.3. The van der Waals surface area contributed by atoms with Gasteiger partial charge in [-0.25, -0.2) is 9.97 Å². The normalized spacial score (nSPS) is 17.2. The molecule has 1 saturated heterocycles. The molecule has 1 aliphatic heterocycles. The monoisotopic (exact) mass is 491 g/mol. The zero-order valence-corrected chi connectivity index (χ0v) is 19.0. The molecule has 0 aliphatic carbocycles. The average Bonchev–Trinajstić information content (AvgIpc) is 2.97. The maximum absolute atomic E-state index is 13.1. The summed E-state index contributed by atoms with van der Waals surface area (Å²) in [4.78, 5) is 11.5. The Bertz CT molecular complexity index is 1210. The molecule has 0 radical (unpaired) electrons. The molecule has 0 saturated carbocycles. The van der Waals surface area contributed by atoms with E-state index in [0.717, 1.165) is 54.0 Å². The lowest BCUT2D eigenvalue weighted by molar-refractivity contribution is -0.137. The maximum atomic E-state index is 13.1. The van der Waals surface area contributed by atoms with Gasteiger partial charge in [0.1, 0.15) is 11.6 Å². The molecule has 31 heavy (non-hydrogen) atoms. The smallest absolute Gasteiger partial charge is 0.355 e. The SMILES string of the molecule is Cc1nc(N2CCCC(C#N)C2)c2c(C)c(C)n(-c3ccc(C(F)(F)F)cc3Br)c2n1. The van der Waals surface area contributed by atoms with Crippen LogP contribution in [0.5, 0.6) is 0 Å². The molecule has 0 amide bonds. The van der Waals surface area contributed by atoms with Gasteiger partial charge in [0.15, 0.2) is 5.65 Å². The van der Waals surface area contributed by atoms with Crippen molar-refractivity contribution in [2.24, 2.45) is 5.92 Å². The second-order valence-electron chi connectivity index (χ2n) is 7.92. The van der Waals surface area contributed by atoms with E-state index < -0.39 is 11.7 Å². The first-order chi connectivity index (χ1) is 14.6. The van der Waals surface area contributed by atoms with E-state index in [9.17, 15) is 18.4 Å². The molecule has 0 bridgehead atoms. The van der Waals surface area contributed by atoms with E-state index >= 15 is 0 Å². The van der Waals surface area contributed by atoms with Gasteiger partial charge in [-0.1, -0.05) is 0 Å². The Labute approximate surface area is 186 Å². The Balaban J connectivity index is 1.92. The Hall–Kier alpha value is -2.60. The van der Waals surface area contributed by atoms with Crippen molar-refractivity contribution in [3.63, 3.8) is 0 Å². The van der Waals surface area contributed by atoms with E-state index in [0.29, 0.717) is 28.2 Å². The number of aromatic nitrogens is 3. The Morgan fingerprint density at radius 3 is 2.58 bits per heavy atom. The second-order valence-corrected chi connectivity index (χ2v) is 8.77. The highest BCUT2D eigenvalue weighted by atomic mass is 79.9. The summed E-state index contributed by atoms with van der Waals surface area (Å²) < 4.78 is 41.6. The Morgan fingerprint density at radius 1 is 1.19 bits per heavy atom. The third-order valence-electron chi connectivity index (χ3n) is 5.87. The van der Waals surface area contributed by atoms with Gasteiger partial charge in [0.2, 0.25) is 0 Å². The molecule has 162 valence electrons. The summed E-state index contributed by atoms with van der Waals surface area (Å²) >= 11 is 3.33. The lowest BCUT2D eigenvalue weighted by Gasteiger charge is -2.31. The van der Waals surface area contributed by atoms with Crippen LogP contribution in [0.3, 0.4) is 0 Å². The molecule has 3 aromatic rings. The molecule has 1 unspecified atom stereocenters. The highest BCUT2D eigenvalue weighted by Gasteiger charge is 2.32. The quantitative estimate of drug-likeness (QED) is 0.449. The lowest BCUT2D eigenvalue weighted by Crippen LogP contribution is -2.35. The van der Waals surface area contributed by atoms with Crippen LogP contribution >= 0.6 is 15.9 Å². The van der Waals surface area contributed by atoms with E-state index in [-0.39, 0.29) is 5.92 Å². The third-order valence-corrected chi connectivity index (χ3v) is 6.50. The number of hydrogen-bond acceptors (Lipinski definition) is 4. The summed E-state index contributed by atoms with van der Waals surface area (Å²) in [5.41, 5.74) is 2.37. The van der Waals surface area contributed by atoms with E-state index in [2.05, 4.69) is 31.9 Å². The van der Waals surface area contributed by atoms with Crippen molar-refractivity contribution >= 4 is 32.8 Å². The Kier molecular flexibility index (Phi) is 5.46. The first-order valence-corrected chi connectivity index (χ1v) is 10.8. The standard InChI is InChI=1S/C22H21BrF3N5/c1-12-13(2)31(18-7-6-16(9-17(18)23)22(24,25)26)21-19(12)20(28-14(3)29-21)30-8-4-5-15(10-27)11-30/h6-7,9,15H,4-5,8,11H2,1-3H3. The molecule has 5 nitrogen and oxygen atoms in total. The molecular formula is C22H21BrF3N5. The fourth-order valence-corrected chi connectivity index (χ4v) is 4.77. The van der Waals surface area contributed by atoms with E-state index in [4.69, 9.17) is 4.98 Å². The summed E-state index contributed by atoms with van der Waals surface area (Å²) in [6, 6.07) is 5.99. The molecule has 9 heteroatoms. The summed E-state index contributed by atoms with van der Waals surface area (Å²) in [5.74, 6) is 1.31. The molecular weight excluding hydrogens is 471 g/mol. The van der Waals surface area contributed by atoms with Crippen molar-refractivity contribution in [3.05, 3.63) is 45.3 Å². The minimum atomic E-state index is -4.41. The highest BCUT2D eigenvalue weighted by molar-refractivity contribution is 9.10. The summed E-state index contributed by atoms with van der Waals surface area (Å²) in [6.45, 7) is 7.11. The number of halogens is 4. The van der Waals surface area contributed by atoms with Crippen LogP contribution in [0.15, 0.2) is 22.7 Å². The number of hydrogen-bond donors (Lipinski definition) is 0. The van der Waals surface area contributed by atoms with Gasteiger partial charge < -0.3 is 4.90 Å². The first-order valence-electron chi connectivity index (χ1n) is 9.99. The van der Waals surface area contributed by atoms with Crippen molar-refractivity contribution in [2.45, 2.75) is 39.8 Å².